The number of allylic oxidation sites excluding steroid dienone is 1. The van der Waals surface area contributed by atoms with Gasteiger partial charge in [0.15, 0.2) is 11.9 Å². The van der Waals surface area contributed by atoms with Crippen LogP contribution < -0.4 is 10.9 Å². The van der Waals surface area contributed by atoms with Crippen molar-refractivity contribution in [2.45, 2.75) is 12.8 Å². The van der Waals surface area contributed by atoms with Gasteiger partial charge < -0.3 is 14.8 Å². The molecule has 0 amide bonds. The Hall–Kier alpha value is -2.97. The molecule has 0 bridgehead atoms. The molecule has 1 N–H and O–H groups in total. The summed E-state index contributed by atoms with van der Waals surface area (Å²) in [5.74, 6) is 0.465. The molecular formula is C18H19N5O3. The molecule has 8 nitrogen and oxygen atoms in total. The van der Waals surface area contributed by atoms with Gasteiger partial charge in [-0.3, -0.25) is 9.36 Å². The minimum Gasteiger partial charge on any atom is -0.354 e. The summed E-state index contributed by atoms with van der Waals surface area (Å²) in [6.45, 7) is 0.945. The molecule has 0 fully saturated rings. The van der Waals surface area contributed by atoms with Crippen LogP contribution in [0.4, 0.5) is 5.95 Å². The van der Waals surface area contributed by atoms with Crippen LogP contribution in [-0.4, -0.2) is 46.4 Å². The van der Waals surface area contributed by atoms with E-state index < -0.39 is 6.29 Å². The lowest BCUT2D eigenvalue weighted by molar-refractivity contribution is -0.0915. The number of rotatable bonds is 6. The fourth-order valence-electron chi connectivity index (χ4n) is 3.10. The first-order chi connectivity index (χ1) is 12.7. The summed E-state index contributed by atoms with van der Waals surface area (Å²) < 4.78 is 14.1. The maximum atomic E-state index is 12.4. The van der Waals surface area contributed by atoms with Gasteiger partial charge in [0, 0.05) is 20.8 Å². The van der Waals surface area contributed by atoms with E-state index in [9.17, 15) is 4.79 Å². The minimum absolute atomic E-state index is 0.314. The number of benzene rings is 1. The van der Waals surface area contributed by atoms with Crippen LogP contribution in [0.15, 0.2) is 47.4 Å². The number of hydrogen-bond donors (Lipinski definition) is 1. The highest BCUT2D eigenvalue weighted by Gasteiger charge is 2.22. The normalized spacial score (nSPS) is 13.3. The summed E-state index contributed by atoms with van der Waals surface area (Å²) in [4.78, 5) is 16.6. The number of methoxy groups -OCH3 is 2. The lowest BCUT2D eigenvalue weighted by atomic mass is 10.1. The second-order valence-electron chi connectivity index (χ2n) is 5.88. The van der Waals surface area contributed by atoms with E-state index in [2.05, 4.69) is 21.5 Å². The Morgan fingerprint density at radius 3 is 2.73 bits per heavy atom. The maximum Gasteiger partial charge on any atom is 0.285 e. The van der Waals surface area contributed by atoms with Crippen LogP contribution in [0.5, 0.6) is 0 Å². The van der Waals surface area contributed by atoms with Gasteiger partial charge >= 0.3 is 0 Å². The highest BCUT2D eigenvalue weighted by Crippen LogP contribution is 2.26. The average Bonchev–Trinajstić information content (AvgIpc) is 3.13. The molecule has 0 radical (unpaired) electrons. The van der Waals surface area contributed by atoms with E-state index >= 15 is 0 Å². The minimum atomic E-state index is -0.431. The molecule has 0 spiro atoms. The molecule has 4 rings (SSSR count). The summed E-state index contributed by atoms with van der Waals surface area (Å²) in [5.41, 5.74) is 2.40. The van der Waals surface area contributed by atoms with Gasteiger partial charge in [-0.15, -0.1) is 0 Å². The van der Waals surface area contributed by atoms with Crippen LogP contribution in [0.3, 0.4) is 0 Å². The molecule has 0 saturated heterocycles. The van der Waals surface area contributed by atoms with Crippen LogP contribution in [0.2, 0.25) is 0 Å². The lowest BCUT2D eigenvalue weighted by Gasteiger charge is -2.22. The van der Waals surface area contributed by atoms with Gasteiger partial charge in [-0.2, -0.15) is 10.1 Å². The Bertz CT molecular complexity index is 1020. The van der Waals surface area contributed by atoms with E-state index in [1.54, 1.807) is 25.1 Å². The Morgan fingerprint density at radius 1 is 1.23 bits per heavy atom. The van der Waals surface area contributed by atoms with Crippen molar-refractivity contribution in [2.75, 3.05) is 26.1 Å². The molecule has 1 aliphatic heterocycles. The summed E-state index contributed by atoms with van der Waals surface area (Å²) in [6.07, 6.45) is 3.20. The summed E-state index contributed by atoms with van der Waals surface area (Å²) >= 11 is 0. The second kappa shape index (κ2) is 6.74. The van der Waals surface area contributed by atoms with E-state index in [1.807, 2.05) is 34.9 Å². The third-order valence-corrected chi connectivity index (χ3v) is 4.41. The average molecular weight is 353 g/mol. The van der Waals surface area contributed by atoms with Crippen molar-refractivity contribution in [1.29, 1.82) is 0 Å². The third-order valence-electron chi connectivity index (χ3n) is 4.41. The number of aromatic nitrogens is 4. The van der Waals surface area contributed by atoms with Gasteiger partial charge in [-0.1, -0.05) is 30.3 Å². The zero-order valence-corrected chi connectivity index (χ0v) is 14.5. The summed E-state index contributed by atoms with van der Waals surface area (Å²) in [6, 6.07) is 9.98. The number of ether oxygens (including phenoxy) is 2. The largest absolute Gasteiger partial charge is 0.354 e. The van der Waals surface area contributed by atoms with Crippen molar-refractivity contribution >= 4 is 22.7 Å². The van der Waals surface area contributed by atoms with E-state index in [1.165, 1.54) is 0 Å². The van der Waals surface area contributed by atoms with Gasteiger partial charge in [-0.05, 0) is 11.6 Å². The molecule has 8 heteroatoms. The Morgan fingerprint density at radius 2 is 2.00 bits per heavy atom. The first-order valence-electron chi connectivity index (χ1n) is 8.27. The zero-order chi connectivity index (χ0) is 18.1. The number of anilines is 1. The maximum absolute atomic E-state index is 12.4. The molecule has 134 valence electrons. The molecule has 0 aliphatic carbocycles. The van der Waals surface area contributed by atoms with E-state index in [0.717, 1.165) is 16.9 Å². The fourth-order valence-corrected chi connectivity index (χ4v) is 3.10. The smallest absolute Gasteiger partial charge is 0.285 e. The Balaban J connectivity index is 1.79. The quantitative estimate of drug-likeness (QED) is 0.677. The van der Waals surface area contributed by atoms with Gasteiger partial charge in [0.2, 0.25) is 5.95 Å². The number of nitrogens with zero attached hydrogens (tertiary/aromatic N) is 4. The topological polar surface area (TPSA) is 83.2 Å². The van der Waals surface area contributed by atoms with Gasteiger partial charge in [0.25, 0.3) is 5.56 Å². The predicted octanol–water partition coefficient (Wildman–Crippen LogP) is 1.53. The highest BCUT2D eigenvalue weighted by atomic mass is 16.7. The molecule has 0 atom stereocenters. The molecule has 3 heterocycles. The monoisotopic (exact) mass is 353 g/mol. The third kappa shape index (κ3) is 2.69. The van der Waals surface area contributed by atoms with Gasteiger partial charge in [-0.25, -0.2) is 4.68 Å². The van der Waals surface area contributed by atoms with Gasteiger partial charge in [0.05, 0.1) is 18.4 Å². The molecule has 1 aliphatic rings. The standard InChI is InChI=1S/C18H19N5O3/c1-25-15(26-2)11-19-18-21-16(24)13-10-20-23-14(8-9-22(18)17(13)23)12-6-4-3-5-7-12/h3-8,10,15H,9,11H2,1-2H3,(H,19,21,24). The van der Waals surface area contributed by atoms with Crippen LogP contribution >= 0.6 is 0 Å². The second-order valence-corrected chi connectivity index (χ2v) is 5.88. The fraction of sp³-hybridized carbons (Fsp3) is 0.278. The number of hydrogen-bond acceptors (Lipinski definition) is 6. The molecule has 0 unspecified atom stereocenters. The van der Waals surface area contributed by atoms with Crippen molar-refractivity contribution in [3.8, 4) is 0 Å². The first-order valence-corrected chi connectivity index (χ1v) is 8.27. The van der Waals surface area contributed by atoms with Crippen molar-refractivity contribution in [3.63, 3.8) is 0 Å². The van der Waals surface area contributed by atoms with E-state index in [0.29, 0.717) is 24.4 Å². The highest BCUT2D eigenvalue weighted by molar-refractivity contribution is 5.83. The molecule has 3 aromatic rings. The van der Waals surface area contributed by atoms with Crippen molar-refractivity contribution in [2.24, 2.45) is 0 Å². The summed E-state index contributed by atoms with van der Waals surface area (Å²) in [5, 5.41) is 8.05. The van der Waals surface area contributed by atoms with Gasteiger partial charge in [0.1, 0.15) is 5.39 Å². The Labute approximate surface area is 149 Å². The first kappa shape index (κ1) is 16.5. The molecule has 2 aromatic heterocycles. The molecular weight excluding hydrogens is 334 g/mol. The van der Waals surface area contributed by atoms with Crippen molar-refractivity contribution in [1.82, 2.24) is 19.3 Å². The lowest BCUT2D eigenvalue weighted by Crippen LogP contribution is -2.28. The zero-order valence-electron chi connectivity index (χ0n) is 14.5. The van der Waals surface area contributed by atoms with Crippen molar-refractivity contribution in [3.05, 3.63) is 58.5 Å². The van der Waals surface area contributed by atoms with E-state index in [-0.39, 0.29) is 5.56 Å². The van der Waals surface area contributed by atoms with Crippen LogP contribution in [0.25, 0.3) is 16.7 Å². The Kier molecular flexibility index (Phi) is 4.27. The van der Waals surface area contributed by atoms with Crippen molar-refractivity contribution < 1.29 is 9.47 Å². The van der Waals surface area contributed by atoms with Crippen LogP contribution in [0.1, 0.15) is 5.56 Å². The number of nitrogens with one attached hydrogen (secondary N) is 1. The van der Waals surface area contributed by atoms with Crippen LogP contribution in [0, 0.1) is 0 Å². The molecule has 26 heavy (non-hydrogen) atoms. The van der Waals surface area contributed by atoms with E-state index in [4.69, 9.17) is 9.47 Å². The van der Waals surface area contributed by atoms with Crippen LogP contribution in [-0.2, 0) is 16.0 Å². The predicted molar refractivity (Wildman–Crippen MR) is 97.9 cm³/mol. The SMILES string of the molecule is COC(CNc1nc(=O)c2cnn3c2n1CC=C3c1ccccc1)OC. The molecule has 1 aromatic carbocycles. The summed E-state index contributed by atoms with van der Waals surface area (Å²) in [7, 11) is 3.12. The molecule has 0 saturated carbocycles.